The van der Waals surface area contributed by atoms with Crippen molar-refractivity contribution in [3.05, 3.63) is 29.8 Å². The molecule has 0 unspecified atom stereocenters. The molecule has 0 aromatic heterocycles. The van der Waals surface area contributed by atoms with Crippen molar-refractivity contribution >= 4 is 21.7 Å². The highest BCUT2D eigenvalue weighted by molar-refractivity contribution is 7.89. The van der Waals surface area contributed by atoms with Gasteiger partial charge in [-0.1, -0.05) is 19.1 Å². The Morgan fingerprint density at radius 2 is 2.00 bits per heavy atom. The second-order valence-corrected chi connectivity index (χ2v) is 6.90. The number of hydrogen-bond acceptors (Lipinski definition) is 4. The molecule has 2 rings (SSSR count). The van der Waals surface area contributed by atoms with Crippen LogP contribution in [0.15, 0.2) is 29.2 Å². The minimum Gasteiger partial charge on any atom is -0.343 e. The molecule has 1 aliphatic rings. The maximum absolute atomic E-state index is 12.5. The third-order valence-electron chi connectivity index (χ3n) is 3.54. The van der Waals surface area contributed by atoms with Crippen molar-refractivity contribution in [2.75, 3.05) is 26.7 Å². The van der Waals surface area contributed by atoms with E-state index in [0.29, 0.717) is 18.5 Å². The fourth-order valence-corrected chi connectivity index (χ4v) is 3.55. The van der Waals surface area contributed by atoms with Gasteiger partial charge in [-0.25, -0.2) is 8.42 Å². The number of ketones is 1. The van der Waals surface area contributed by atoms with Crippen molar-refractivity contribution in [2.45, 2.75) is 18.2 Å². The van der Waals surface area contributed by atoms with E-state index >= 15 is 0 Å². The highest BCUT2D eigenvalue weighted by Gasteiger charge is 2.31. The molecule has 1 heterocycles. The molecule has 0 bridgehead atoms. The average Bonchev–Trinajstić information content (AvgIpc) is 2.49. The van der Waals surface area contributed by atoms with E-state index in [4.69, 9.17) is 0 Å². The standard InChI is InChI=1S/C14H18N2O4S/c1-3-13(17)11-5-4-6-12(9-11)21(19,20)16-8-7-15(2)14(18)10-16/h4-6,9H,3,7-8,10H2,1-2H3. The molecule has 1 amide bonds. The molecule has 1 aromatic rings. The zero-order chi connectivity index (χ0) is 15.6. The van der Waals surface area contributed by atoms with Gasteiger partial charge in [-0.2, -0.15) is 4.31 Å². The Kier molecular flexibility index (Phi) is 4.43. The summed E-state index contributed by atoms with van der Waals surface area (Å²) in [6, 6.07) is 5.97. The lowest BCUT2D eigenvalue weighted by Crippen LogP contribution is -2.50. The number of carbonyl (C=O) groups is 2. The number of piperazine rings is 1. The van der Waals surface area contributed by atoms with Gasteiger partial charge in [0.05, 0.1) is 11.4 Å². The van der Waals surface area contributed by atoms with E-state index in [2.05, 4.69) is 0 Å². The van der Waals surface area contributed by atoms with Gasteiger partial charge < -0.3 is 4.90 Å². The van der Waals surface area contributed by atoms with Gasteiger partial charge in [0.2, 0.25) is 15.9 Å². The number of carbonyl (C=O) groups excluding carboxylic acids is 2. The number of amides is 1. The molecule has 114 valence electrons. The van der Waals surface area contributed by atoms with Gasteiger partial charge in [0.15, 0.2) is 5.78 Å². The Morgan fingerprint density at radius 3 is 2.62 bits per heavy atom. The maximum Gasteiger partial charge on any atom is 0.243 e. The van der Waals surface area contributed by atoms with Crippen LogP contribution in [-0.4, -0.2) is 56.0 Å². The number of rotatable bonds is 4. The van der Waals surface area contributed by atoms with E-state index < -0.39 is 10.0 Å². The van der Waals surface area contributed by atoms with Gasteiger partial charge in [0, 0.05) is 32.1 Å². The van der Waals surface area contributed by atoms with E-state index in [1.165, 1.54) is 17.0 Å². The topological polar surface area (TPSA) is 74.8 Å². The molecule has 7 heteroatoms. The first-order valence-electron chi connectivity index (χ1n) is 6.73. The molecule has 1 saturated heterocycles. The van der Waals surface area contributed by atoms with Crippen LogP contribution in [0.3, 0.4) is 0 Å². The second kappa shape index (κ2) is 5.95. The number of nitrogens with zero attached hydrogens (tertiary/aromatic N) is 2. The molecule has 0 atom stereocenters. The first-order chi connectivity index (χ1) is 9.86. The molecule has 1 fully saturated rings. The van der Waals surface area contributed by atoms with Gasteiger partial charge >= 0.3 is 0 Å². The Balaban J connectivity index is 2.32. The molecule has 21 heavy (non-hydrogen) atoms. The summed E-state index contributed by atoms with van der Waals surface area (Å²) in [7, 11) is -2.10. The van der Waals surface area contributed by atoms with E-state index in [9.17, 15) is 18.0 Å². The summed E-state index contributed by atoms with van der Waals surface area (Å²) in [4.78, 5) is 24.9. The Hall–Kier alpha value is -1.73. The maximum atomic E-state index is 12.5. The lowest BCUT2D eigenvalue weighted by Gasteiger charge is -2.31. The highest BCUT2D eigenvalue weighted by Crippen LogP contribution is 2.19. The lowest BCUT2D eigenvalue weighted by atomic mass is 10.1. The van der Waals surface area contributed by atoms with Crippen LogP contribution < -0.4 is 0 Å². The highest BCUT2D eigenvalue weighted by atomic mass is 32.2. The van der Waals surface area contributed by atoms with Crippen molar-refractivity contribution in [3.8, 4) is 0 Å². The summed E-state index contributed by atoms with van der Waals surface area (Å²) in [5, 5.41) is 0. The minimum absolute atomic E-state index is 0.0548. The summed E-state index contributed by atoms with van der Waals surface area (Å²) in [6.45, 7) is 2.19. The predicted molar refractivity (Wildman–Crippen MR) is 77.5 cm³/mol. The SMILES string of the molecule is CCC(=O)c1cccc(S(=O)(=O)N2CCN(C)C(=O)C2)c1. The zero-order valence-electron chi connectivity index (χ0n) is 12.1. The van der Waals surface area contributed by atoms with Gasteiger partial charge in [-0.05, 0) is 12.1 Å². The number of Topliss-reactive ketones (excluding diaryl/α,β-unsaturated/α-hetero) is 1. The summed E-state index contributed by atoms with van der Waals surface area (Å²) >= 11 is 0. The summed E-state index contributed by atoms with van der Waals surface area (Å²) in [5.74, 6) is -0.341. The lowest BCUT2D eigenvalue weighted by molar-refractivity contribution is -0.132. The average molecular weight is 310 g/mol. The number of sulfonamides is 1. The molecular weight excluding hydrogens is 292 g/mol. The van der Waals surface area contributed by atoms with Crippen LogP contribution in [-0.2, 0) is 14.8 Å². The molecule has 1 aliphatic heterocycles. The molecule has 0 saturated carbocycles. The molecule has 0 radical (unpaired) electrons. The smallest absolute Gasteiger partial charge is 0.243 e. The van der Waals surface area contributed by atoms with Gasteiger partial charge in [-0.15, -0.1) is 0 Å². The Labute approximate surface area is 124 Å². The molecule has 6 nitrogen and oxygen atoms in total. The zero-order valence-corrected chi connectivity index (χ0v) is 12.9. The fraction of sp³-hybridized carbons (Fsp3) is 0.429. The van der Waals surface area contributed by atoms with Crippen LogP contribution in [0.5, 0.6) is 0 Å². The van der Waals surface area contributed by atoms with Crippen LogP contribution in [0, 0.1) is 0 Å². The number of benzene rings is 1. The third-order valence-corrected chi connectivity index (χ3v) is 5.38. The predicted octanol–water partition coefficient (Wildman–Crippen LogP) is 0.742. The first kappa shape index (κ1) is 15.7. The van der Waals surface area contributed by atoms with Gasteiger partial charge in [0.25, 0.3) is 0 Å². The van der Waals surface area contributed by atoms with Crippen LogP contribution in [0.25, 0.3) is 0 Å². The van der Waals surface area contributed by atoms with Crippen molar-refractivity contribution in [1.82, 2.24) is 9.21 Å². The van der Waals surface area contributed by atoms with Crippen LogP contribution in [0.2, 0.25) is 0 Å². The molecule has 0 N–H and O–H groups in total. The van der Waals surface area contributed by atoms with E-state index in [1.54, 1.807) is 26.1 Å². The molecule has 0 spiro atoms. The van der Waals surface area contributed by atoms with E-state index in [0.717, 1.165) is 4.31 Å². The summed E-state index contributed by atoms with van der Waals surface area (Å²) in [5.41, 5.74) is 0.374. The quantitative estimate of drug-likeness (QED) is 0.769. The van der Waals surface area contributed by atoms with Crippen LogP contribution >= 0.6 is 0 Å². The van der Waals surface area contributed by atoms with Crippen molar-refractivity contribution in [3.63, 3.8) is 0 Å². The summed E-state index contributed by atoms with van der Waals surface area (Å²) in [6.07, 6.45) is 0.316. The Bertz CT molecular complexity index is 669. The first-order valence-corrected chi connectivity index (χ1v) is 8.17. The van der Waals surface area contributed by atoms with E-state index in [-0.39, 0.29) is 29.7 Å². The van der Waals surface area contributed by atoms with Crippen LogP contribution in [0.4, 0.5) is 0 Å². The largest absolute Gasteiger partial charge is 0.343 e. The van der Waals surface area contributed by atoms with Gasteiger partial charge in [0.1, 0.15) is 0 Å². The normalized spacial score (nSPS) is 17.0. The molecule has 0 aliphatic carbocycles. The van der Waals surface area contributed by atoms with Crippen molar-refractivity contribution in [1.29, 1.82) is 0 Å². The van der Waals surface area contributed by atoms with Crippen LogP contribution in [0.1, 0.15) is 23.7 Å². The van der Waals surface area contributed by atoms with Gasteiger partial charge in [-0.3, -0.25) is 9.59 Å². The third kappa shape index (κ3) is 3.14. The number of hydrogen-bond donors (Lipinski definition) is 0. The second-order valence-electron chi connectivity index (χ2n) is 4.96. The fourth-order valence-electron chi connectivity index (χ4n) is 2.13. The summed E-state index contributed by atoms with van der Waals surface area (Å²) < 4.78 is 26.3. The van der Waals surface area contributed by atoms with Crippen molar-refractivity contribution in [2.24, 2.45) is 0 Å². The molecular formula is C14H18N2O4S. The number of likely N-dealkylation sites (N-methyl/N-ethyl adjacent to an activating group) is 1. The Morgan fingerprint density at radius 1 is 1.29 bits per heavy atom. The minimum atomic E-state index is -3.75. The van der Waals surface area contributed by atoms with Crippen molar-refractivity contribution < 1.29 is 18.0 Å². The molecule has 1 aromatic carbocycles. The monoisotopic (exact) mass is 310 g/mol. The van der Waals surface area contributed by atoms with E-state index in [1.807, 2.05) is 0 Å².